The standard InChI is InChI=1S/C22H24N4O5/c23-18(28)19-24-14-26(25-19)20-22(30,12-16-9-5-2-6-10-16)21(29,17(13-27)31-20)11-15-7-3-1-4-8-15/h1-10,14,17,20,27,29-30H,11-13H2,(H2,23,28)/t17-,20-,21-,22+/m1/s1. The van der Waals surface area contributed by atoms with Gasteiger partial charge < -0.3 is 25.8 Å². The molecule has 0 spiro atoms. The first kappa shape index (κ1) is 21.1. The molecule has 0 bridgehead atoms. The van der Waals surface area contributed by atoms with Crippen LogP contribution in [0, 0.1) is 0 Å². The first-order chi connectivity index (χ1) is 14.9. The minimum atomic E-state index is -1.92. The number of hydrogen-bond acceptors (Lipinski definition) is 7. The second-order valence-electron chi connectivity index (χ2n) is 7.75. The van der Waals surface area contributed by atoms with Crippen molar-refractivity contribution in [3.05, 3.63) is 83.9 Å². The van der Waals surface area contributed by atoms with Crippen molar-refractivity contribution in [2.45, 2.75) is 36.4 Å². The zero-order valence-electron chi connectivity index (χ0n) is 16.7. The van der Waals surface area contributed by atoms with E-state index in [1.165, 1.54) is 6.33 Å². The molecule has 4 rings (SSSR count). The molecule has 5 N–H and O–H groups in total. The summed E-state index contributed by atoms with van der Waals surface area (Å²) in [5.41, 5.74) is 2.98. The zero-order chi connectivity index (χ0) is 22.1. The van der Waals surface area contributed by atoms with Crippen LogP contribution in [0.3, 0.4) is 0 Å². The molecule has 0 unspecified atom stereocenters. The van der Waals surface area contributed by atoms with Crippen LogP contribution in [0.2, 0.25) is 0 Å². The van der Waals surface area contributed by atoms with Crippen molar-refractivity contribution in [1.82, 2.24) is 14.8 Å². The van der Waals surface area contributed by atoms with E-state index in [0.29, 0.717) is 0 Å². The van der Waals surface area contributed by atoms with Crippen LogP contribution in [0.1, 0.15) is 28.0 Å². The van der Waals surface area contributed by atoms with Crippen molar-refractivity contribution < 1.29 is 24.9 Å². The lowest BCUT2D eigenvalue weighted by Gasteiger charge is -2.41. The van der Waals surface area contributed by atoms with Crippen molar-refractivity contribution in [2.75, 3.05) is 6.61 Å². The minimum Gasteiger partial charge on any atom is -0.394 e. The van der Waals surface area contributed by atoms with Crippen LogP contribution in [0.5, 0.6) is 0 Å². The van der Waals surface area contributed by atoms with Gasteiger partial charge in [0.15, 0.2) is 6.23 Å². The fourth-order valence-electron chi connectivity index (χ4n) is 4.17. The summed E-state index contributed by atoms with van der Waals surface area (Å²) in [6.07, 6.45) is -1.10. The van der Waals surface area contributed by atoms with E-state index < -0.39 is 36.0 Å². The summed E-state index contributed by atoms with van der Waals surface area (Å²) in [5, 5.41) is 37.9. The Balaban J connectivity index is 1.81. The molecule has 1 amide bonds. The van der Waals surface area contributed by atoms with Crippen LogP contribution < -0.4 is 5.73 Å². The molecule has 3 aromatic rings. The van der Waals surface area contributed by atoms with Gasteiger partial charge in [0.2, 0.25) is 5.82 Å². The zero-order valence-corrected chi connectivity index (χ0v) is 16.7. The van der Waals surface area contributed by atoms with Crippen molar-refractivity contribution in [3.63, 3.8) is 0 Å². The highest BCUT2D eigenvalue weighted by Gasteiger charge is 2.66. The normalized spacial score (nSPS) is 28.0. The van der Waals surface area contributed by atoms with Gasteiger partial charge in [-0.05, 0) is 11.1 Å². The summed E-state index contributed by atoms with van der Waals surface area (Å²) < 4.78 is 7.09. The van der Waals surface area contributed by atoms with E-state index in [4.69, 9.17) is 10.5 Å². The molecular formula is C22H24N4O5. The fraction of sp³-hybridized carbons (Fsp3) is 0.318. The maximum atomic E-state index is 12.0. The smallest absolute Gasteiger partial charge is 0.288 e. The van der Waals surface area contributed by atoms with Crippen molar-refractivity contribution in [3.8, 4) is 0 Å². The van der Waals surface area contributed by atoms with Crippen molar-refractivity contribution in [1.29, 1.82) is 0 Å². The second-order valence-corrected chi connectivity index (χ2v) is 7.75. The summed E-state index contributed by atoms with van der Waals surface area (Å²) >= 11 is 0. The highest BCUT2D eigenvalue weighted by atomic mass is 16.6. The van der Waals surface area contributed by atoms with Gasteiger partial charge in [0.05, 0.1) is 6.61 Å². The number of nitrogens with two attached hydrogens (primary N) is 1. The summed E-state index contributed by atoms with van der Waals surface area (Å²) in [6, 6.07) is 18.3. The number of carbonyl (C=O) groups is 1. The lowest BCUT2D eigenvalue weighted by atomic mass is 9.73. The van der Waals surface area contributed by atoms with E-state index in [-0.39, 0.29) is 18.7 Å². The first-order valence-corrected chi connectivity index (χ1v) is 9.87. The van der Waals surface area contributed by atoms with Crippen LogP contribution in [0.25, 0.3) is 0 Å². The van der Waals surface area contributed by atoms with Gasteiger partial charge in [0.1, 0.15) is 23.6 Å². The van der Waals surface area contributed by atoms with E-state index in [0.717, 1.165) is 15.8 Å². The van der Waals surface area contributed by atoms with Gasteiger partial charge in [-0.25, -0.2) is 9.67 Å². The van der Waals surface area contributed by atoms with Gasteiger partial charge in [-0.1, -0.05) is 60.7 Å². The average molecular weight is 424 g/mol. The van der Waals surface area contributed by atoms with Gasteiger partial charge in [-0.3, -0.25) is 4.79 Å². The molecule has 0 aliphatic carbocycles. The number of ether oxygens (including phenoxy) is 1. The van der Waals surface area contributed by atoms with E-state index >= 15 is 0 Å². The highest BCUT2D eigenvalue weighted by molar-refractivity contribution is 5.88. The fourth-order valence-corrected chi connectivity index (χ4v) is 4.17. The molecule has 4 atom stereocenters. The van der Waals surface area contributed by atoms with Gasteiger partial charge in [-0.15, -0.1) is 5.10 Å². The molecule has 9 heteroatoms. The SMILES string of the molecule is NC(=O)c1ncn([C@@H]2O[C@H](CO)[C@](O)(Cc3ccccc3)[C@]2(O)Cc2ccccc2)n1. The highest BCUT2D eigenvalue weighted by Crippen LogP contribution is 2.48. The molecule has 1 aromatic heterocycles. The van der Waals surface area contributed by atoms with Crippen molar-refractivity contribution in [2.24, 2.45) is 5.73 Å². The molecule has 31 heavy (non-hydrogen) atoms. The molecule has 1 fully saturated rings. The van der Waals surface area contributed by atoms with Crippen LogP contribution in [-0.4, -0.2) is 59.9 Å². The molecule has 0 radical (unpaired) electrons. The Morgan fingerprint density at radius 1 is 1.00 bits per heavy atom. The third kappa shape index (κ3) is 3.72. The maximum Gasteiger partial charge on any atom is 0.288 e. The average Bonchev–Trinajstić information content (AvgIpc) is 3.32. The summed E-state index contributed by atoms with van der Waals surface area (Å²) in [7, 11) is 0. The molecule has 1 aliphatic heterocycles. The molecule has 2 aromatic carbocycles. The lowest BCUT2D eigenvalue weighted by molar-refractivity contribution is -0.157. The number of aromatic nitrogens is 3. The number of nitrogens with zero attached hydrogens (tertiary/aromatic N) is 3. The largest absolute Gasteiger partial charge is 0.394 e. The van der Waals surface area contributed by atoms with Gasteiger partial charge in [0.25, 0.3) is 5.91 Å². The van der Waals surface area contributed by atoms with E-state index in [2.05, 4.69) is 10.1 Å². The van der Waals surface area contributed by atoms with E-state index in [1.807, 2.05) is 60.7 Å². The first-order valence-electron chi connectivity index (χ1n) is 9.87. The Hall–Kier alpha value is -3.11. The number of hydrogen-bond donors (Lipinski definition) is 4. The van der Waals surface area contributed by atoms with E-state index in [1.54, 1.807) is 0 Å². The van der Waals surface area contributed by atoms with Crippen molar-refractivity contribution >= 4 is 5.91 Å². The van der Waals surface area contributed by atoms with Crippen LogP contribution in [0.4, 0.5) is 0 Å². The van der Waals surface area contributed by atoms with Gasteiger partial charge >= 0.3 is 0 Å². The Morgan fingerprint density at radius 3 is 2.03 bits per heavy atom. The number of primary amides is 1. The molecule has 1 saturated heterocycles. The topological polar surface area (TPSA) is 144 Å². The number of benzene rings is 2. The number of aliphatic hydroxyl groups excluding tert-OH is 1. The van der Waals surface area contributed by atoms with Crippen LogP contribution in [0.15, 0.2) is 67.0 Å². The minimum absolute atomic E-state index is 0.00407. The van der Waals surface area contributed by atoms with Crippen LogP contribution >= 0.6 is 0 Å². The summed E-state index contributed by atoms with van der Waals surface area (Å²) in [5.74, 6) is -1.08. The Bertz CT molecular complexity index is 1040. The predicted molar refractivity (Wildman–Crippen MR) is 110 cm³/mol. The molecule has 0 saturated carbocycles. The lowest BCUT2D eigenvalue weighted by Crippen LogP contribution is -2.61. The van der Waals surface area contributed by atoms with Crippen LogP contribution in [-0.2, 0) is 17.6 Å². The van der Waals surface area contributed by atoms with E-state index in [9.17, 15) is 20.1 Å². The second kappa shape index (κ2) is 8.20. The summed E-state index contributed by atoms with van der Waals surface area (Å²) in [6.45, 7) is -0.533. The molecule has 9 nitrogen and oxygen atoms in total. The Morgan fingerprint density at radius 2 is 1.55 bits per heavy atom. The summed E-state index contributed by atoms with van der Waals surface area (Å²) in [4.78, 5) is 15.3. The molecule has 162 valence electrons. The molecular weight excluding hydrogens is 400 g/mol. The monoisotopic (exact) mass is 424 g/mol. The Kier molecular flexibility index (Phi) is 5.59. The predicted octanol–water partition coefficient (Wildman–Crippen LogP) is 0.214. The number of rotatable bonds is 7. The third-order valence-electron chi connectivity index (χ3n) is 5.75. The number of carbonyl (C=O) groups excluding carboxylic acids is 1. The molecule has 1 aliphatic rings. The third-order valence-corrected chi connectivity index (χ3v) is 5.75. The van der Waals surface area contributed by atoms with Gasteiger partial charge in [0, 0.05) is 12.8 Å². The number of aliphatic hydroxyl groups is 3. The molecule has 2 heterocycles. The Labute approximate surface area is 178 Å². The quantitative estimate of drug-likeness (QED) is 0.425. The maximum absolute atomic E-state index is 12.0. The van der Waals surface area contributed by atoms with Gasteiger partial charge in [-0.2, -0.15) is 0 Å². The number of amides is 1.